The first-order chi connectivity index (χ1) is 11.8. The Labute approximate surface area is 152 Å². The third-order valence-electron chi connectivity index (χ3n) is 5.33. The molecule has 2 rings (SSSR count). The van der Waals surface area contributed by atoms with Gasteiger partial charge < -0.3 is 5.32 Å². The summed E-state index contributed by atoms with van der Waals surface area (Å²) in [5, 5.41) is 3.61. The molecule has 5 heteroatoms. The van der Waals surface area contributed by atoms with Crippen molar-refractivity contribution in [1.82, 2.24) is 19.6 Å². The molecule has 2 aliphatic heterocycles. The smallest absolute Gasteiger partial charge is 0.0618 e. The topological polar surface area (TPSA) is 21.5 Å². The SMILES string of the molecule is CCCCNCCN1CCN(CCCC)[P@]2C(CCCC)N2CC1. The van der Waals surface area contributed by atoms with Gasteiger partial charge in [-0.1, -0.05) is 46.5 Å². The largest absolute Gasteiger partial charge is 0.315 e. The average molecular weight is 357 g/mol. The third kappa shape index (κ3) is 6.53. The van der Waals surface area contributed by atoms with Gasteiger partial charge in [0.2, 0.25) is 0 Å². The predicted octanol–water partition coefficient (Wildman–Crippen LogP) is 3.94. The van der Waals surface area contributed by atoms with Gasteiger partial charge in [-0.3, -0.25) is 14.2 Å². The van der Waals surface area contributed by atoms with Crippen molar-refractivity contribution < 1.29 is 0 Å². The maximum atomic E-state index is 3.61. The van der Waals surface area contributed by atoms with Gasteiger partial charge in [-0.25, -0.2) is 0 Å². The van der Waals surface area contributed by atoms with Crippen LogP contribution in [0.2, 0.25) is 0 Å². The molecule has 0 aromatic rings. The molecule has 142 valence electrons. The van der Waals surface area contributed by atoms with Crippen LogP contribution in [0.25, 0.3) is 0 Å². The number of nitrogens with zero attached hydrogens (tertiary/aromatic N) is 3. The van der Waals surface area contributed by atoms with E-state index in [0.29, 0.717) is 0 Å². The van der Waals surface area contributed by atoms with Gasteiger partial charge in [0.25, 0.3) is 0 Å². The number of hydrogen-bond acceptors (Lipinski definition) is 4. The van der Waals surface area contributed by atoms with Crippen molar-refractivity contribution in [2.45, 2.75) is 71.5 Å². The van der Waals surface area contributed by atoms with Crippen LogP contribution in [0.15, 0.2) is 0 Å². The minimum Gasteiger partial charge on any atom is -0.315 e. The summed E-state index contributed by atoms with van der Waals surface area (Å²) in [7, 11) is 0.0657. The van der Waals surface area contributed by atoms with Crippen molar-refractivity contribution in [2.75, 3.05) is 52.4 Å². The van der Waals surface area contributed by atoms with E-state index in [1.807, 2.05) is 0 Å². The highest BCUT2D eigenvalue weighted by Gasteiger charge is 2.50. The van der Waals surface area contributed by atoms with Crippen LogP contribution in [0.4, 0.5) is 0 Å². The van der Waals surface area contributed by atoms with Crippen LogP contribution < -0.4 is 5.32 Å². The van der Waals surface area contributed by atoms with E-state index in [-0.39, 0.29) is 8.22 Å². The number of fused-ring (bicyclic) bond motifs is 1. The maximum Gasteiger partial charge on any atom is 0.0618 e. The van der Waals surface area contributed by atoms with Gasteiger partial charge in [0.1, 0.15) is 0 Å². The number of unbranched alkanes of at least 4 members (excludes halogenated alkanes) is 3. The molecular formula is C19H41N4P. The summed E-state index contributed by atoms with van der Waals surface area (Å²) in [5.41, 5.74) is 0. The Balaban J connectivity index is 1.78. The summed E-state index contributed by atoms with van der Waals surface area (Å²) in [4.78, 5) is 2.69. The Morgan fingerprint density at radius 3 is 2.33 bits per heavy atom. The van der Waals surface area contributed by atoms with Gasteiger partial charge in [-0.15, -0.1) is 0 Å². The summed E-state index contributed by atoms with van der Waals surface area (Å²) in [6.45, 7) is 16.9. The Kier molecular flexibility index (Phi) is 10.1. The van der Waals surface area contributed by atoms with Gasteiger partial charge >= 0.3 is 0 Å². The molecular weight excluding hydrogens is 315 g/mol. The summed E-state index contributed by atoms with van der Waals surface area (Å²) < 4.78 is 5.70. The molecule has 24 heavy (non-hydrogen) atoms. The molecule has 0 spiro atoms. The molecule has 1 N–H and O–H groups in total. The van der Waals surface area contributed by atoms with Gasteiger partial charge in [0.05, 0.1) is 14.0 Å². The van der Waals surface area contributed by atoms with Crippen LogP contribution in [-0.4, -0.2) is 72.4 Å². The zero-order valence-electron chi connectivity index (χ0n) is 16.5. The molecule has 2 fully saturated rings. The first kappa shape index (κ1) is 20.6. The zero-order chi connectivity index (χ0) is 17.2. The van der Waals surface area contributed by atoms with Crippen LogP contribution in [0, 0.1) is 0 Å². The van der Waals surface area contributed by atoms with Crippen molar-refractivity contribution in [1.29, 1.82) is 0 Å². The maximum absolute atomic E-state index is 3.61. The van der Waals surface area contributed by atoms with E-state index >= 15 is 0 Å². The minimum absolute atomic E-state index is 0.0657. The lowest BCUT2D eigenvalue weighted by atomic mass is 10.2. The van der Waals surface area contributed by atoms with E-state index in [2.05, 4.69) is 40.3 Å². The highest BCUT2D eigenvalue weighted by molar-refractivity contribution is 7.60. The van der Waals surface area contributed by atoms with Gasteiger partial charge in [0, 0.05) is 45.8 Å². The van der Waals surface area contributed by atoms with Crippen LogP contribution in [0.3, 0.4) is 0 Å². The minimum atomic E-state index is 0.0657. The molecule has 0 bridgehead atoms. The second-order valence-corrected chi connectivity index (χ2v) is 9.68. The monoisotopic (exact) mass is 356 g/mol. The van der Waals surface area contributed by atoms with Crippen molar-refractivity contribution in [3.05, 3.63) is 0 Å². The van der Waals surface area contributed by atoms with E-state index in [4.69, 9.17) is 0 Å². The first-order valence-electron chi connectivity index (χ1n) is 10.6. The van der Waals surface area contributed by atoms with Crippen molar-refractivity contribution >= 4 is 8.22 Å². The normalized spacial score (nSPS) is 28.4. The highest BCUT2D eigenvalue weighted by Crippen LogP contribution is 2.68. The molecule has 4 nitrogen and oxygen atoms in total. The first-order valence-corrected chi connectivity index (χ1v) is 11.9. The lowest BCUT2D eigenvalue weighted by Crippen LogP contribution is -2.41. The molecule has 2 saturated heterocycles. The molecule has 0 radical (unpaired) electrons. The molecule has 2 unspecified atom stereocenters. The van der Waals surface area contributed by atoms with Crippen molar-refractivity contribution in [3.63, 3.8) is 0 Å². The fraction of sp³-hybridized carbons (Fsp3) is 1.00. The molecule has 2 heterocycles. The van der Waals surface area contributed by atoms with Gasteiger partial charge in [-0.05, 0) is 25.8 Å². The Morgan fingerprint density at radius 1 is 0.833 bits per heavy atom. The summed E-state index contributed by atoms with van der Waals surface area (Å²) in [6, 6.07) is 0. The average Bonchev–Trinajstić information content (AvgIpc) is 3.26. The molecule has 0 saturated carbocycles. The molecule has 0 aromatic carbocycles. The number of hydrogen-bond donors (Lipinski definition) is 1. The Bertz CT molecular complexity index is 328. The Morgan fingerprint density at radius 2 is 1.58 bits per heavy atom. The summed E-state index contributed by atoms with van der Waals surface area (Å²) in [6.07, 6.45) is 9.48. The van der Waals surface area contributed by atoms with E-state index in [0.717, 1.165) is 12.3 Å². The van der Waals surface area contributed by atoms with E-state index < -0.39 is 0 Å². The standard InChI is InChI=1S/C19H41N4P/c1-4-7-10-19-23-18-16-21(14-12-20-11-8-5-2)15-17-22(24(19)23)13-9-6-3/h19-20H,4-18H2,1-3H3/t19?,23?,24-/m0/s1. The van der Waals surface area contributed by atoms with E-state index in [1.54, 1.807) is 0 Å². The highest BCUT2D eigenvalue weighted by atomic mass is 31.2. The molecule has 0 aromatic heterocycles. The lowest BCUT2D eigenvalue weighted by Gasteiger charge is -2.30. The van der Waals surface area contributed by atoms with Gasteiger partial charge in [-0.2, -0.15) is 0 Å². The number of rotatable bonds is 12. The zero-order valence-corrected chi connectivity index (χ0v) is 17.4. The van der Waals surface area contributed by atoms with Crippen LogP contribution in [0.1, 0.15) is 65.7 Å². The van der Waals surface area contributed by atoms with Crippen molar-refractivity contribution in [2.24, 2.45) is 0 Å². The second kappa shape index (κ2) is 11.8. The molecule has 2 aliphatic rings. The molecule has 0 amide bonds. The number of nitrogens with one attached hydrogen (secondary N) is 1. The van der Waals surface area contributed by atoms with E-state index in [1.165, 1.54) is 90.8 Å². The fourth-order valence-corrected chi connectivity index (χ4v) is 6.54. The fourth-order valence-electron chi connectivity index (χ4n) is 3.65. The molecule has 3 atom stereocenters. The Hall–Kier alpha value is 0.270. The quantitative estimate of drug-likeness (QED) is 0.325. The summed E-state index contributed by atoms with van der Waals surface area (Å²) in [5.74, 6) is 0.916. The second-order valence-electron chi connectivity index (χ2n) is 7.36. The van der Waals surface area contributed by atoms with E-state index in [9.17, 15) is 0 Å². The van der Waals surface area contributed by atoms with Crippen LogP contribution in [0.5, 0.6) is 0 Å². The third-order valence-corrected chi connectivity index (χ3v) is 8.14. The van der Waals surface area contributed by atoms with Crippen LogP contribution in [-0.2, 0) is 0 Å². The van der Waals surface area contributed by atoms with Gasteiger partial charge in [0.15, 0.2) is 0 Å². The molecule has 0 aliphatic carbocycles. The van der Waals surface area contributed by atoms with Crippen molar-refractivity contribution in [3.8, 4) is 0 Å². The predicted molar refractivity (Wildman–Crippen MR) is 108 cm³/mol. The summed E-state index contributed by atoms with van der Waals surface area (Å²) >= 11 is 0. The van der Waals surface area contributed by atoms with Crippen LogP contribution >= 0.6 is 8.22 Å². The lowest BCUT2D eigenvalue weighted by molar-refractivity contribution is 0.232.